The Hall–Kier alpha value is -2.29. The molecular weight excluding hydrogens is 510 g/mol. The minimum atomic E-state index is -4.72. The number of hydrogen-bond donors (Lipinski definition) is 2. The Morgan fingerprint density at radius 2 is 1.57 bits per heavy atom. The van der Waals surface area contributed by atoms with Gasteiger partial charge in [-0.1, -0.05) is 6.92 Å². The van der Waals surface area contributed by atoms with Crippen LogP contribution in [0.15, 0.2) is 16.6 Å². The largest absolute Gasteiger partial charge is 0.468 e. The lowest BCUT2D eigenvalue weighted by Crippen LogP contribution is -2.23. The summed E-state index contributed by atoms with van der Waals surface area (Å²) in [6, 6.07) is 1.40. The van der Waals surface area contributed by atoms with Gasteiger partial charge in [-0.05, 0) is 28.4 Å². The van der Waals surface area contributed by atoms with E-state index in [0.29, 0.717) is 17.5 Å². The molecule has 0 aliphatic carbocycles. The number of rotatable bonds is 7. The van der Waals surface area contributed by atoms with E-state index in [1.165, 1.54) is 11.3 Å². The van der Waals surface area contributed by atoms with Crippen molar-refractivity contribution in [1.29, 1.82) is 0 Å². The van der Waals surface area contributed by atoms with Crippen molar-refractivity contribution in [2.45, 2.75) is 25.7 Å². The van der Waals surface area contributed by atoms with Crippen LogP contribution in [0, 0.1) is 0 Å². The summed E-state index contributed by atoms with van der Waals surface area (Å²) in [5.41, 5.74) is 0. The molecule has 0 fully saturated rings. The van der Waals surface area contributed by atoms with Crippen molar-refractivity contribution in [3.05, 3.63) is 21.5 Å². The molecule has 0 spiro atoms. The number of aryl methyl sites for hydroxylation is 1. The molecule has 2 N–H and O–H groups in total. The van der Waals surface area contributed by atoms with E-state index >= 15 is 0 Å². The van der Waals surface area contributed by atoms with Gasteiger partial charge in [0.15, 0.2) is 13.2 Å². The van der Waals surface area contributed by atoms with E-state index in [-0.39, 0.29) is 0 Å². The number of aromatic nitrogens is 2. The average molecular weight is 523 g/mol. The number of amides is 2. The molecule has 2 aromatic heterocycles. The fraction of sp³-hybridized carbons (Fsp3) is 0.400. The maximum atomic E-state index is 12.3. The molecule has 0 atom stereocenters. The second kappa shape index (κ2) is 9.68. The Morgan fingerprint density at radius 1 is 1.03 bits per heavy atom. The first-order valence-corrected chi connectivity index (χ1v) is 9.60. The molecule has 2 rings (SSSR count). The maximum absolute atomic E-state index is 12.3. The number of carbonyl (C=O) groups is 1. The number of hydrogen-bond acceptors (Lipinski definition) is 6. The summed E-state index contributed by atoms with van der Waals surface area (Å²) < 4.78 is 83.6. The van der Waals surface area contributed by atoms with Crippen LogP contribution in [0.4, 0.5) is 42.1 Å². The highest BCUT2D eigenvalue weighted by molar-refractivity contribution is 9.10. The van der Waals surface area contributed by atoms with Crippen molar-refractivity contribution in [2.24, 2.45) is 0 Å². The molecule has 2 amide bonds. The Morgan fingerprint density at radius 3 is 2.00 bits per heavy atom. The number of anilines is 2. The summed E-state index contributed by atoms with van der Waals surface area (Å²) in [6.07, 6.45) is -8.73. The van der Waals surface area contributed by atoms with E-state index in [9.17, 15) is 31.1 Å². The molecular formula is C15H13BrF6N4O3S. The third kappa shape index (κ3) is 8.22. The van der Waals surface area contributed by atoms with Crippen LogP contribution in [-0.2, 0) is 6.42 Å². The van der Waals surface area contributed by atoms with Crippen molar-refractivity contribution in [1.82, 2.24) is 9.97 Å². The van der Waals surface area contributed by atoms with Crippen LogP contribution in [0.1, 0.15) is 11.8 Å². The number of ether oxygens (including phenoxy) is 2. The predicted molar refractivity (Wildman–Crippen MR) is 99.2 cm³/mol. The minimum Gasteiger partial charge on any atom is -0.468 e. The Bertz CT molecular complexity index is 854. The topological polar surface area (TPSA) is 85.4 Å². The number of nitrogens with zero attached hydrogens (tertiary/aromatic N) is 2. The number of urea groups is 1. The first kappa shape index (κ1) is 24.0. The van der Waals surface area contributed by atoms with Crippen LogP contribution in [0.2, 0.25) is 0 Å². The molecule has 0 aliphatic heterocycles. The first-order chi connectivity index (χ1) is 13.8. The van der Waals surface area contributed by atoms with Crippen LogP contribution in [-0.4, -0.2) is 41.6 Å². The highest BCUT2D eigenvalue weighted by Gasteiger charge is 2.30. The Kier molecular flexibility index (Phi) is 7.74. The third-order valence-electron chi connectivity index (χ3n) is 2.99. The highest BCUT2D eigenvalue weighted by Crippen LogP contribution is 2.31. The summed E-state index contributed by atoms with van der Waals surface area (Å²) in [4.78, 5) is 20.1. The average Bonchev–Trinajstić information content (AvgIpc) is 2.96. The summed E-state index contributed by atoms with van der Waals surface area (Å²) in [5, 5.41) is 5.00. The smallest absolute Gasteiger partial charge is 0.422 e. The van der Waals surface area contributed by atoms with Gasteiger partial charge >= 0.3 is 18.4 Å². The maximum Gasteiger partial charge on any atom is 0.422 e. The van der Waals surface area contributed by atoms with E-state index in [1.807, 2.05) is 6.92 Å². The van der Waals surface area contributed by atoms with Gasteiger partial charge in [0.05, 0.1) is 11.1 Å². The second-order valence-corrected chi connectivity index (χ2v) is 7.48. The fourth-order valence-corrected chi connectivity index (χ4v) is 3.66. The lowest BCUT2D eigenvalue weighted by molar-refractivity contribution is -0.154. The van der Waals surface area contributed by atoms with Gasteiger partial charge in [-0.2, -0.15) is 36.3 Å². The van der Waals surface area contributed by atoms with E-state index in [2.05, 4.69) is 46.0 Å². The number of alkyl halides is 6. The SMILES string of the molecule is CCc1sc(NC(=O)Nc2nc(OCC(F)(F)F)cc(OCC(F)(F)F)n2)cc1Br. The van der Waals surface area contributed by atoms with Crippen molar-refractivity contribution in [2.75, 3.05) is 23.8 Å². The van der Waals surface area contributed by atoms with Gasteiger partial charge in [-0.25, -0.2) is 4.79 Å². The molecule has 0 saturated carbocycles. The lowest BCUT2D eigenvalue weighted by atomic mass is 10.4. The van der Waals surface area contributed by atoms with Gasteiger partial charge in [0, 0.05) is 9.35 Å². The summed E-state index contributed by atoms with van der Waals surface area (Å²) in [6.45, 7) is -1.60. The molecule has 0 aliphatic rings. The molecule has 0 unspecified atom stereocenters. The molecule has 0 aromatic carbocycles. The summed E-state index contributed by atoms with van der Waals surface area (Å²) in [5.74, 6) is -2.08. The van der Waals surface area contributed by atoms with Crippen molar-refractivity contribution in [3.63, 3.8) is 0 Å². The molecule has 15 heteroatoms. The van der Waals surface area contributed by atoms with Crippen LogP contribution >= 0.6 is 27.3 Å². The quantitative estimate of drug-likeness (QED) is 0.476. The number of nitrogens with one attached hydrogen (secondary N) is 2. The molecule has 7 nitrogen and oxygen atoms in total. The summed E-state index contributed by atoms with van der Waals surface area (Å²) in [7, 11) is 0. The molecule has 166 valence electrons. The molecule has 0 bridgehead atoms. The van der Waals surface area contributed by atoms with E-state index in [1.54, 1.807) is 6.07 Å². The fourth-order valence-electron chi connectivity index (χ4n) is 1.87. The normalized spacial score (nSPS) is 11.9. The highest BCUT2D eigenvalue weighted by atomic mass is 79.9. The van der Waals surface area contributed by atoms with Crippen LogP contribution in [0.25, 0.3) is 0 Å². The van der Waals surface area contributed by atoms with Crippen LogP contribution < -0.4 is 20.1 Å². The molecule has 30 heavy (non-hydrogen) atoms. The predicted octanol–water partition coefficient (Wildman–Crippen LogP) is 5.39. The zero-order valence-electron chi connectivity index (χ0n) is 14.9. The van der Waals surface area contributed by atoms with Gasteiger partial charge in [0.25, 0.3) is 0 Å². The van der Waals surface area contributed by atoms with Crippen molar-refractivity contribution >= 4 is 44.2 Å². The Balaban J connectivity index is 2.15. The van der Waals surface area contributed by atoms with E-state index in [0.717, 1.165) is 9.35 Å². The lowest BCUT2D eigenvalue weighted by Gasteiger charge is -2.13. The van der Waals surface area contributed by atoms with Gasteiger partial charge in [0.1, 0.15) is 0 Å². The number of thiophene rings is 1. The van der Waals surface area contributed by atoms with Crippen molar-refractivity contribution < 1.29 is 40.6 Å². The van der Waals surface area contributed by atoms with E-state index < -0.39 is 49.3 Å². The number of halogens is 7. The van der Waals surface area contributed by atoms with Gasteiger partial charge in [0.2, 0.25) is 17.7 Å². The molecule has 0 saturated heterocycles. The third-order valence-corrected chi connectivity index (χ3v) is 5.15. The standard InChI is InChI=1S/C15H13BrF6N4O3S/c1-2-8-7(16)3-11(30-8)25-13(27)26-12-23-9(28-5-14(17,18)19)4-10(24-12)29-6-15(20,21)22/h3-4H,2,5-6H2,1H3,(H2,23,24,25,26,27). The van der Waals surface area contributed by atoms with E-state index in [4.69, 9.17) is 0 Å². The van der Waals surface area contributed by atoms with Gasteiger partial charge in [-0.15, -0.1) is 11.3 Å². The van der Waals surface area contributed by atoms with Crippen LogP contribution in [0.3, 0.4) is 0 Å². The second-order valence-electron chi connectivity index (χ2n) is 5.49. The van der Waals surface area contributed by atoms with Crippen molar-refractivity contribution in [3.8, 4) is 11.8 Å². The zero-order chi connectivity index (χ0) is 22.5. The molecule has 2 aromatic rings. The monoisotopic (exact) mass is 522 g/mol. The van der Waals surface area contributed by atoms with Crippen LogP contribution in [0.5, 0.6) is 11.8 Å². The van der Waals surface area contributed by atoms with Gasteiger partial charge in [-0.3, -0.25) is 10.6 Å². The molecule has 2 heterocycles. The van der Waals surface area contributed by atoms with Gasteiger partial charge < -0.3 is 9.47 Å². The first-order valence-electron chi connectivity index (χ1n) is 7.99. The number of carbonyl (C=O) groups excluding carboxylic acids is 1. The molecule has 0 radical (unpaired) electrons. The minimum absolute atomic E-state index is 0.439. The zero-order valence-corrected chi connectivity index (χ0v) is 17.4. The summed E-state index contributed by atoms with van der Waals surface area (Å²) >= 11 is 4.58. The Labute approximate surface area is 177 Å².